The third kappa shape index (κ3) is 3.10. The van der Waals surface area contributed by atoms with E-state index in [0.29, 0.717) is 11.3 Å². The first-order valence-electron chi connectivity index (χ1n) is 5.51. The summed E-state index contributed by atoms with van der Waals surface area (Å²) in [4.78, 5) is 0.165. The number of nitrogens with zero attached hydrogens (tertiary/aromatic N) is 1. The molecule has 0 aliphatic heterocycles. The number of anilines is 1. The first-order valence-corrected chi connectivity index (χ1v) is 6.95. The molecule has 0 saturated carbocycles. The lowest BCUT2D eigenvalue weighted by Gasteiger charge is -2.21. The summed E-state index contributed by atoms with van der Waals surface area (Å²) >= 11 is 0. The number of aryl methyl sites for hydroxylation is 1. The summed E-state index contributed by atoms with van der Waals surface area (Å²) in [6.07, 6.45) is 1.48. The Bertz CT molecular complexity index is 526. The number of aliphatic hydroxyl groups excluding tert-OH is 1. The van der Waals surface area contributed by atoms with Crippen molar-refractivity contribution < 1.29 is 13.5 Å². The Balaban J connectivity index is 3.25. The topological polar surface area (TPSA) is 83.6 Å². The van der Waals surface area contributed by atoms with Gasteiger partial charge in [-0.05, 0) is 24.6 Å². The SMILES string of the molecule is C=CCN(CCO)S(=O)(=O)c1cc(N)ccc1C. The normalized spacial score (nSPS) is 11.7. The fourth-order valence-corrected chi connectivity index (χ4v) is 3.26. The van der Waals surface area contributed by atoms with E-state index >= 15 is 0 Å². The summed E-state index contributed by atoms with van der Waals surface area (Å²) < 4.78 is 26.0. The van der Waals surface area contributed by atoms with Crippen LogP contribution in [0.3, 0.4) is 0 Å². The maximum atomic E-state index is 12.4. The zero-order valence-electron chi connectivity index (χ0n) is 10.3. The van der Waals surface area contributed by atoms with Gasteiger partial charge in [-0.1, -0.05) is 12.1 Å². The minimum absolute atomic E-state index is 0.0303. The minimum atomic E-state index is -3.66. The van der Waals surface area contributed by atoms with Crippen LogP contribution in [0, 0.1) is 6.92 Å². The Labute approximate surface area is 108 Å². The molecule has 100 valence electrons. The molecule has 0 saturated heterocycles. The number of nitrogen functional groups attached to an aromatic ring is 1. The highest BCUT2D eigenvalue weighted by atomic mass is 32.2. The van der Waals surface area contributed by atoms with Crippen LogP contribution in [0.15, 0.2) is 35.7 Å². The lowest BCUT2D eigenvalue weighted by atomic mass is 10.2. The molecular weight excluding hydrogens is 252 g/mol. The fourth-order valence-electron chi connectivity index (χ4n) is 1.60. The van der Waals surface area contributed by atoms with Crippen LogP contribution in [0.4, 0.5) is 5.69 Å². The van der Waals surface area contributed by atoms with E-state index in [1.807, 2.05) is 0 Å². The van der Waals surface area contributed by atoms with Gasteiger partial charge in [-0.25, -0.2) is 8.42 Å². The van der Waals surface area contributed by atoms with Crippen LogP contribution in [0.2, 0.25) is 0 Å². The second kappa shape index (κ2) is 5.99. The van der Waals surface area contributed by atoms with Crippen LogP contribution in [0.5, 0.6) is 0 Å². The van der Waals surface area contributed by atoms with Gasteiger partial charge in [0, 0.05) is 18.8 Å². The Kier molecular flexibility index (Phi) is 4.89. The van der Waals surface area contributed by atoms with Crippen molar-refractivity contribution in [1.82, 2.24) is 4.31 Å². The summed E-state index contributed by atoms with van der Waals surface area (Å²) in [6, 6.07) is 4.74. The molecule has 6 heteroatoms. The summed E-state index contributed by atoms with van der Waals surface area (Å²) in [5.41, 5.74) is 6.63. The van der Waals surface area contributed by atoms with Crippen LogP contribution < -0.4 is 5.73 Å². The van der Waals surface area contributed by atoms with E-state index in [9.17, 15) is 8.42 Å². The van der Waals surface area contributed by atoms with Gasteiger partial charge < -0.3 is 10.8 Å². The largest absolute Gasteiger partial charge is 0.399 e. The molecule has 0 aromatic heterocycles. The first-order chi connectivity index (χ1) is 8.43. The predicted molar refractivity (Wildman–Crippen MR) is 71.6 cm³/mol. The second-order valence-electron chi connectivity index (χ2n) is 3.90. The van der Waals surface area contributed by atoms with Gasteiger partial charge in [-0.15, -0.1) is 6.58 Å². The number of hydrogen-bond acceptors (Lipinski definition) is 4. The maximum Gasteiger partial charge on any atom is 0.243 e. The van der Waals surface area contributed by atoms with E-state index in [-0.39, 0.29) is 24.6 Å². The van der Waals surface area contributed by atoms with E-state index in [4.69, 9.17) is 10.8 Å². The van der Waals surface area contributed by atoms with Crippen LogP contribution in [-0.4, -0.2) is 37.5 Å². The van der Waals surface area contributed by atoms with Crippen molar-refractivity contribution in [1.29, 1.82) is 0 Å². The maximum absolute atomic E-state index is 12.4. The number of sulfonamides is 1. The molecule has 0 bridgehead atoms. The number of benzene rings is 1. The number of nitrogens with two attached hydrogens (primary N) is 1. The van der Waals surface area contributed by atoms with Crippen LogP contribution in [0.25, 0.3) is 0 Å². The van der Waals surface area contributed by atoms with Crippen molar-refractivity contribution in [2.24, 2.45) is 0 Å². The van der Waals surface area contributed by atoms with Crippen LogP contribution in [0.1, 0.15) is 5.56 Å². The van der Waals surface area contributed by atoms with Crippen molar-refractivity contribution in [3.05, 3.63) is 36.4 Å². The Morgan fingerprint density at radius 1 is 1.50 bits per heavy atom. The molecule has 0 radical (unpaired) electrons. The molecule has 1 rings (SSSR count). The standard InChI is InChI=1S/C12H18N2O3S/c1-3-6-14(7-8-15)18(16,17)12-9-11(13)5-4-10(12)2/h3-5,9,15H,1,6-8,13H2,2H3. The highest BCUT2D eigenvalue weighted by Gasteiger charge is 2.24. The molecule has 3 N–H and O–H groups in total. The van der Waals surface area contributed by atoms with Gasteiger partial charge in [0.25, 0.3) is 0 Å². The lowest BCUT2D eigenvalue weighted by molar-refractivity contribution is 0.260. The minimum Gasteiger partial charge on any atom is -0.399 e. The number of rotatable bonds is 6. The van der Waals surface area contributed by atoms with E-state index in [1.54, 1.807) is 19.1 Å². The molecular formula is C12H18N2O3S. The predicted octanol–water partition coefficient (Wildman–Crippen LogP) is 0.746. The van der Waals surface area contributed by atoms with Crippen molar-refractivity contribution >= 4 is 15.7 Å². The van der Waals surface area contributed by atoms with Crippen molar-refractivity contribution in [2.45, 2.75) is 11.8 Å². The Hall–Kier alpha value is -1.37. The fraction of sp³-hybridized carbons (Fsp3) is 0.333. The van der Waals surface area contributed by atoms with E-state index in [1.165, 1.54) is 16.4 Å². The molecule has 0 spiro atoms. The highest BCUT2D eigenvalue weighted by molar-refractivity contribution is 7.89. The van der Waals surface area contributed by atoms with Crippen LogP contribution >= 0.6 is 0 Å². The monoisotopic (exact) mass is 270 g/mol. The van der Waals surface area contributed by atoms with E-state index in [0.717, 1.165) is 0 Å². The molecule has 0 aliphatic rings. The quantitative estimate of drug-likeness (QED) is 0.590. The molecule has 0 fully saturated rings. The van der Waals surface area contributed by atoms with Crippen molar-refractivity contribution in [3.63, 3.8) is 0 Å². The third-order valence-corrected chi connectivity index (χ3v) is 4.52. The average Bonchev–Trinajstić information content (AvgIpc) is 2.32. The van der Waals surface area contributed by atoms with Gasteiger partial charge in [0.15, 0.2) is 0 Å². The summed E-state index contributed by atoms with van der Waals surface area (Å²) in [5.74, 6) is 0. The zero-order valence-corrected chi connectivity index (χ0v) is 11.2. The van der Waals surface area contributed by atoms with Crippen LogP contribution in [-0.2, 0) is 10.0 Å². The molecule has 0 unspecified atom stereocenters. The summed E-state index contributed by atoms with van der Waals surface area (Å²) in [6.45, 7) is 5.16. The second-order valence-corrected chi connectivity index (χ2v) is 5.81. The van der Waals surface area contributed by atoms with Gasteiger partial charge in [0.2, 0.25) is 10.0 Å². The van der Waals surface area contributed by atoms with Crippen molar-refractivity contribution in [2.75, 3.05) is 25.4 Å². The molecule has 5 nitrogen and oxygen atoms in total. The average molecular weight is 270 g/mol. The Morgan fingerprint density at radius 2 is 2.17 bits per heavy atom. The van der Waals surface area contributed by atoms with Gasteiger partial charge in [0.05, 0.1) is 11.5 Å². The number of aliphatic hydroxyl groups is 1. The van der Waals surface area contributed by atoms with E-state index in [2.05, 4.69) is 6.58 Å². The zero-order chi connectivity index (χ0) is 13.8. The molecule has 0 amide bonds. The molecule has 1 aromatic rings. The Morgan fingerprint density at radius 3 is 2.72 bits per heavy atom. The molecule has 0 heterocycles. The van der Waals surface area contributed by atoms with Gasteiger partial charge in [-0.2, -0.15) is 4.31 Å². The summed E-state index contributed by atoms with van der Waals surface area (Å²) in [7, 11) is -3.66. The van der Waals surface area contributed by atoms with Gasteiger partial charge in [-0.3, -0.25) is 0 Å². The van der Waals surface area contributed by atoms with Crippen molar-refractivity contribution in [3.8, 4) is 0 Å². The van der Waals surface area contributed by atoms with Gasteiger partial charge >= 0.3 is 0 Å². The highest BCUT2D eigenvalue weighted by Crippen LogP contribution is 2.22. The smallest absolute Gasteiger partial charge is 0.243 e. The lowest BCUT2D eigenvalue weighted by Crippen LogP contribution is -2.34. The van der Waals surface area contributed by atoms with E-state index < -0.39 is 10.0 Å². The molecule has 0 aliphatic carbocycles. The summed E-state index contributed by atoms with van der Waals surface area (Å²) in [5, 5.41) is 8.93. The van der Waals surface area contributed by atoms with Gasteiger partial charge in [0.1, 0.15) is 0 Å². The molecule has 0 atom stereocenters. The first kappa shape index (κ1) is 14.7. The third-order valence-electron chi connectivity index (χ3n) is 2.51. The molecule has 18 heavy (non-hydrogen) atoms. The number of hydrogen-bond donors (Lipinski definition) is 2. The molecule has 1 aromatic carbocycles.